The molecule has 1 heterocycles. The van der Waals surface area contributed by atoms with Crippen LogP contribution < -0.4 is 10.9 Å². The molecule has 7 heteroatoms. The maximum Gasteiger partial charge on any atom is 0.254 e. The van der Waals surface area contributed by atoms with Crippen LogP contribution >= 0.6 is 0 Å². The molecule has 30 heavy (non-hydrogen) atoms. The zero-order valence-electron chi connectivity index (χ0n) is 17.8. The fourth-order valence-corrected chi connectivity index (χ4v) is 3.30. The van der Waals surface area contributed by atoms with Crippen molar-refractivity contribution in [1.82, 2.24) is 9.55 Å². The van der Waals surface area contributed by atoms with Crippen molar-refractivity contribution in [2.75, 3.05) is 5.32 Å². The molecule has 2 aromatic rings. The molecule has 1 N–H and O–H groups in total. The number of aryl methyl sites for hydroxylation is 1. The van der Waals surface area contributed by atoms with Crippen LogP contribution in [0.25, 0.3) is 11.3 Å². The van der Waals surface area contributed by atoms with Gasteiger partial charge in [0, 0.05) is 24.0 Å². The Morgan fingerprint density at radius 3 is 2.53 bits per heavy atom. The van der Waals surface area contributed by atoms with E-state index in [1.54, 1.807) is 25.1 Å². The molecule has 156 valence electrons. The number of carbonyl (C=O) groups is 2. The minimum atomic E-state index is -0.330. The van der Waals surface area contributed by atoms with Gasteiger partial charge in [-0.15, -0.1) is 0 Å². The minimum Gasteiger partial charge on any atom is -0.325 e. The lowest BCUT2D eigenvalue weighted by Crippen LogP contribution is -2.28. The molecule has 0 atom stereocenters. The van der Waals surface area contributed by atoms with Crippen LogP contribution in [0, 0.1) is 29.6 Å². The van der Waals surface area contributed by atoms with Gasteiger partial charge in [0.25, 0.3) is 5.56 Å². The van der Waals surface area contributed by atoms with Crippen molar-refractivity contribution in [3.05, 3.63) is 46.0 Å². The molecule has 0 saturated heterocycles. The molecule has 1 aromatic heterocycles. The maximum atomic E-state index is 12.7. The van der Waals surface area contributed by atoms with Crippen molar-refractivity contribution in [2.45, 2.75) is 53.5 Å². The van der Waals surface area contributed by atoms with Gasteiger partial charge in [-0.2, -0.15) is 5.26 Å². The molecule has 1 fully saturated rings. The monoisotopic (exact) mass is 406 g/mol. The van der Waals surface area contributed by atoms with Gasteiger partial charge in [0.15, 0.2) is 5.78 Å². The smallest absolute Gasteiger partial charge is 0.254 e. The van der Waals surface area contributed by atoms with Gasteiger partial charge in [0.1, 0.15) is 5.82 Å². The Morgan fingerprint density at radius 2 is 1.97 bits per heavy atom. The maximum absolute atomic E-state index is 12.7. The molecular formula is C23H26N4O3. The van der Waals surface area contributed by atoms with Gasteiger partial charge in [-0.3, -0.25) is 19.0 Å². The number of hydrogen-bond acceptors (Lipinski definition) is 5. The Morgan fingerprint density at radius 1 is 1.27 bits per heavy atom. The molecule has 1 aromatic carbocycles. The zero-order valence-corrected chi connectivity index (χ0v) is 17.8. The summed E-state index contributed by atoms with van der Waals surface area (Å²) in [7, 11) is 0. The summed E-state index contributed by atoms with van der Waals surface area (Å²) in [6, 6.07) is 8.32. The van der Waals surface area contributed by atoms with Crippen LogP contribution in [0.15, 0.2) is 29.1 Å². The van der Waals surface area contributed by atoms with Crippen LogP contribution in [0.5, 0.6) is 0 Å². The standard InChI is InChI=1S/C23H26N4O3/c1-14-25-20(10-21(29)27(14)13-17(28)11-23(2,3)4)18-8-5-15(12-24)9-19(18)26-22(30)16-6-7-16/h5,8-10,16H,6-7,11,13H2,1-4H3,(H,26,30). The first kappa shape index (κ1) is 21.4. The third kappa shape index (κ3) is 5.20. The minimum absolute atomic E-state index is 0.000108. The summed E-state index contributed by atoms with van der Waals surface area (Å²) in [6.07, 6.45) is 2.08. The first-order valence-electron chi connectivity index (χ1n) is 10.0. The van der Waals surface area contributed by atoms with Crippen molar-refractivity contribution in [3.8, 4) is 17.3 Å². The number of rotatable bonds is 6. The van der Waals surface area contributed by atoms with Crippen molar-refractivity contribution in [2.24, 2.45) is 11.3 Å². The fourth-order valence-electron chi connectivity index (χ4n) is 3.30. The van der Waals surface area contributed by atoms with Crippen molar-refractivity contribution >= 4 is 17.4 Å². The van der Waals surface area contributed by atoms with Crippen molar-refractivity contribution in [3.63, 3.8) is 0 Å². The SMILES string of the molecule is Cc1nc(-c2ccc(C#N)cc2NC(=O)C2CC2)cc(=O)n1CC(=O)CC(C)(C)C. The molecular weight excluding hydrogens is 380 g/mol. The van der Waals surface area contributed by atoms with Crippen molar-refractivity contribution in [1.29, 1.82) is 5.26 Å². The lowest BCUT2D eigenvalue weighted by atomic mass is 9.90. The van der Waals surface area contributed by atoms with E-state index in [1.165, 1.54) is 10.6 Å². The van der Waals surface area contributed by atoms with E-state index < -0.39 is 0 Å². The quantitative estimate of drug-likeness (QED) is 0.791. The Labute approximate surface area is 175 Å². The van der Waals surface area contributed by atoms with Gasteiger partial charge in [-0.1, -0.05) is 20.8 Å². The van der Waals surface area contributed by atoms with Crippen LogP contribution in [0.1, 0.15) is 51.4 Å². The molecule has 7 nitrogen and oxygen atoms in total. The van der Waals surface area contributed by atoms with Gasteiger partial charge in [0.05, 0.1) is 29.6 Å². The predicted molar refractivity (Wildman–Crippen MR) is 114 cm³/mol. The fraction of sp³-hybridized carbons (Fsp3) is 0.435. The molecule has 1 amide bonds. The molecule has 0 unspecified atom stereocenters. The second kappa shape index (κ2) is 8.23. The van der Waals surface area contributed by atoms with Crippen LogP contribution in [-0.2, 0) is 16.1 Å². The molecule has 1 aliphatic rings. The van der Waals surface area contributed by atoms with E-state index >= 15 is 0 Å². The van der Waals surface area contributed by atoms with Gasteiger partial charge in [-0.25, -0.2) is 4.98 Å². The van der Waals surface area contributed by atoms with Crippen LogP contribution in [-0.4, -0.2) is 21.2 Å². The predicted octanol–water partition coefficient (Wildman–Crippen LogP) is 3.44. The molecule has 1 saturated carbocycles. The average molecular weight is 406 g/mol. The highest BCUT2D eigenvalue weighted by Gasteiger charge is 2.30. The van der Waals surface area contributed by atoms with Gasteiger partial charge < -0.3 is 5.32 Å². The van der Waals surface area contributed by atoms with Gasteiger partial charge in [0.2, 0.25) is 5.91 Å². The van der Waals surface area contributed by atoms with Crippen LogP contribution in [0.3, 0.4) is 0 Å². The number of benzene rings is 1. The van der Waals surface area contributed by atoms with Gasteiger partial charge >= 0.3 is 0 Å². The van der Waals surface area contributed by atoms with E-state index in [2.05, 4.69) is 16.4 Å². The number of anilines is 1. The number of Topliss-reactive ketones (excluding diaryl/α,β-unsaturated/α-hetero) is 1. The number of amides is 1. The van der Waals surface area contributed by atoms with E-state index in [0.717, 1.165) is 12.8 Å². The number of nitrogens with zero attached hydrogens (tertiary/aromatic N) is 3. The summed E-state index contributed by atoms with van der Waals surface area (Å²) in [6.45, 7) is 7.59. The summed E-state index contributed by atoms with van der Waals surface area (Å²) < 4.78 is 1.36. The lowest BCUT2D eigenvalue weighted by molar-refractivity contribution is -0.121. The van der Waals surface area contributed by atoms with E-state index in [9.17, 15) is 19.6 Å². The summed E-state index contributed by atoms with van der Waals surface area (Å²) in [5, 5.41) is 12.1. The Kier molecular flexibility index (Phi) is 5.88. The van der Waals surface area contributed by atoms with E-state index in [1.807, 2.05) is 20.8 Å². The second-order valence-corrected chi connectivity index (χ2v) is 9.02. The zero-order chi connectivity index (χ0) is 22.1. The normalized spacial score (nSPS) is 13.6. The molecule has 3 rings (SSSR count). The number of carbonyl (C=O) groups excluding carboxylic acids is 2. The number of nitrogens with one attached hydrogen (secondary N) is 1. The Hall–Kier alpha value is -3.27. The number of aromatic nitrogens is 2. The van der Waals surface area contributed by atoms with Crippen LogP contribution in [0.4, 0.5) is 5.69 Å². The van der Waals surface area contributed by atoms with E-state index in [0.29, 0.717) is 34.8 Å². The largest absolute Gasteiger partial charge is 0.325 e. The summed E-state index contributed by atoms with van der Waals surface area (Å²) in [4.78, 5) is 41.9. The molecule has 0 spiro atoms. The summed E-state index contributed by atoms with van der Waals surface area (Å²) in [5.74, 6) is 0.297. The average Bonchev–Trinajstić information content (AvgIpc) is 3.48. The first-order chi connectivity index (χ1) is 14.1. The third-order valence-corrected chi connectivity index (χ3v) is 4.89. The Balaban J connectivity index is 1.94. The lowest BCUT2D eigenvalue weighted by Gasteiger charge is -2.18. The summed E-state index contributed by atoms with van der Waals surface area (Å²) in [5.41, 5.74) is 1.34. The number of hydrogen-bond donors (Lipinski definition) is 1. The highest BCUT2D eigenvalue weighted by atomic mass is 16.2. The topological polar surface area (TPSA) is 105 Å². The second-order valence-electron chi connectivity index (χ2n) is 9.02. The third-order valence-electron chi connectivity index (χ3n) is 4.89. The van der Waals surface area contributed by atoms with Gasteiger partial charge in [-0.05, 0) is 43.4 Å². The number of ketones is 1. The van der Waals surface area contributed by atoms with Crippen LogP contribution in [0.2, 0.25) is 0 Å². The molecule has 1 aliphatic carbocycles. The molecule has 0 aliphatic heterocycles. The summed E-state index contributed by atoms with van der Waals surface area (Å²) >= 11 is 0. The van der Waals surface area contributed by atoms with Crippen molar-refractivity contribution < 1.29 is 9.59 Å². The molecule has 0 radical (unpaired) electrons. The van der Waals surface area contributed by atoms with E-state index in [-0.39, 0.29) is 35.1 Å². The van der Waals surface area contributed by atoms with E-state index in [4.69, 9.17) is 0 Å². The highest BCUT2D eigenvalue weighted by Crippen LogP contribution is 2.33. The Bertz CT molecular complexity index is 1100. The first-order valence-corrected chi connectivity index (χ1v) is 10.0. The highest BCUT2D eigenvalue weighted by molar-refractivity contribution is 5.97. The number of nitriles is 1. The molecule has 0 bridgehead atoms.